The van der Waals surface area contributed by atoms with E-state index in [9.17, 15) is 4.79 Å². The van der Waals surface area contributed by atoms with E-state index >= 15 is 0 Å². The van der Waals surface area contributed by atoms with Crippen LogP contribution in [0.25, 0.3) is 0 Å². The number of rotatable bonds is 4. The normalized spacial score (nSPS) is 11.5. The average molecular weight is 277 g/mol. The van der Waals surface area contributed by atoms with Gasteiger partial charge in [0.15, 0.2) is 0 Å². The SMILES string of the molecule is CC(c1ccc(Cl)cc1)N(C)C(=O)CCN.Cl. The summed E-state index contributed by atoms with van der Waals surface area (Å²) in [7, 11) is 1.79. The Balaban J connectivity index is 0.00000256. The van der Waals surface area contributed by atoms with Gasteiger partial charge in [0.1, 0.15) is 0 Å². The first-order valence-corrected chi connectivity index (χ1v) is 5.65. The van der Waals surface area contributed by atoms with Gasteiger partial charge in [0, 0.05) is 25.0 Å². The maximum absolute atomic E-state index is 11.6. The van der Waals surface area contributed by atoms with Gasteiger partial charge in [0.2, 0.25) is 5.91 Å². The fourth-order valence-electron chi connectivity index (χ4n) is 1.48. The van der Waals surface area contributed by atoms with Gasteiger partial charge in [-0.2, -0.15) is 0 Å². The highest BCUT2D eigenvalue weighted by atomic mass is 35.5. The maximum atomic E-state index is 11.6. The van der Waals surface area contributed by atoms with Gasteiger partial charge >= 0.3 is 0 Å². The van der Waals surface area contributed by atoms with E-state index in [0.717, 1.165) is 5.56 Å². The van der Waals surface area contributed by atoms with Crippen LogP contribution in [0.15, 0.2) is 24.3 Å². The molecule has 1 rings (SSSR count). The summed E-state index contributed by atoms with van der Waals surface area (Å²) in [6.07, 6.45) is 0.383. The Bertz CT molecular complexity index is 354. The van der Waals surface area contributed by atoms with Crippen LogP contribution in [0.4, 0.5) is 0 Å². The topological polar surface area (TPSA) is 46.3 Å². The van der Waals surface area contributed by atoms with Crippen molar-refractivity contribution in [2.24, 2.45) is 5.73 Å². The standard InChI is InChI=1S/C12H17ClN2O.ClH/c1-9(15(2)12(16)7-8-14)10-3-5-11(13)6-4-10;/h3-6,9H,7-8,14H2,1-2H3;1H. The average Bonchev–Trinajstić information content (AvgIpc) is 2.28. The van der Waals surface area contributed by atoms with Crippen molar-refractivity contribution in [2.45, 2.75) is 19.4 Å². The van der Waals surface area contributed by atoms with Gasteiger partial charge < -0.3 is 10.6 Å². The fourth-order valence-corrected chi connectivity index (χ4v) is 1.61. The number of hydrogen-bond donors (Lipinski definition) is 1. The quantitative estimate of drug-likeness (QED) is 0.919. The summed E-state index contributed by atoms with van der Waals surface area (Å²) >= 11 is 5.81. The van der Waals surface area contributed by atoms with E-state index in [4.69, 9.17) is 17.3 Å². The van der Waals surface area contributed by atoms with Crippen molar-refractivity contribution in [1.29, 1.82) is 0 Å². The van der Waals surface area contributed by atoms with Crippen molar-refractivity contribution in [1.82, 2.24) is 4.90 Å². The largest absolute Gasteiger partial charge is 0.339 e. The van der Waals surface area contributed by atoms with E-state index < -0.39 is 0 Å². The first-order chi connectivity index (χ1) is 7.56. The van der Waals surface area contributed by atoms with E-state index in [2.05, 4.69) is 0 Å². The van der Waals surface area contributed by atoms with Gasteiger partial charge in [-0.1, -0.05) is 23.7 Å². The summed E-state index contributed by atoms with van der Waals surface area (Å²) in [6, 6.07) is 7.55. The fraction of sp³-hybridized carbons (Fsp3) is 0.417. The number of hydrogen-bond acceptors (Lipinski definition) is 2. The van der Waals surface area contributed by atoms with Gasteiger partial charge in [0.25, 0.3) is 0 Å². The molecule has 2 N–H and O–H groups in total. The predicted octanol–water partition coefficient (Wildman–Crippen LogP) is 2.63. The first-order valence-electron chi connectivity index (χ1n) is 5.27. The molecule has 1 unspecified atom stereocenters. The zero-order chi connectivity index (χ0) is 12.1. The van der Waals surface area contributed by atoms with Crippen LogP contribution >= 0.6 is 24.0 Å². The van der Waals surface area contributed by atoms with Crippen LogP contribution in [0.3, 0.4) is 0 Å². The van der Waals surface area contributed by atoms with Crippen molar-refractivity contribution in [2.75, 3.05) is 13.6 Å². The molecule has 0 saturated heterocycles. The molecule has 1 atom stereocenters. The second-order valence-corrected chi connectivity index (χ2v) is 4.21. The van der Waals surface area contributed by atoms with E-state index in [1.807, 2.05) is 31.2 Å². The molecule has 1 aromatic carbocycles. The van der Waals surface area contributed by atoms with Gasteiger partial charge in [-0.15, -0.1) is 12.4 Å². The highest BCUT2D eigenvalue weighted by Gasteiger charge is 2.16. The summed E-state index contributed by atoms with van der Waals surface area (Å²) in [5.41, 5.74) is 6.43. The molecule has 0 aromatic heterocycles. The van der Waals surface area contributed by atoms with Crippen LogP contribution in [0, 0.1) is 0 Å². The lowest BCUT2D eigenvalue weighted by molar-refractivity contribution is -0.131. The lowest BCUT2D eigenvalue weighted by atomic mass is 10.1. The van der Waals surface area contributed by atoms with Crippen LogP contribution in [0.1, 0.15) is 24.9 Å². The summed E-state index contributed by atoms with van der Waals surface area (Å²) < 4.78 is 0. The third kappa shape index (κ3) is 4.54. The lowest BCUT2D eigenvalue weighted by Crippen LogP contribution is -2.30. The third-order valence-electron chi connectivity index (χ3n) is 2.68. The molecule has 0 saturated carbocycles. The molecule has 0 aliphatic carbocycles. The minimum Gasteiger partial charge on any atom is -0.339 e. The molecule has 0 fully saturated rings. The Hall–Kier alpha value is -0.770. The van der Waals surface area contributed by atoms with Crippen LogP contribution in [0.5, 0.6) is 0 Å². The Labute approximate surface area is 113 Å². The van der Waals surface area contributed by atoms with Gasteiger partial charge in [-0.05, 0) is 24.6 Å². The van der Waals surface area contributed by atoms with Crippen molar-refractivity contribution < 1.29 is 4.79 Å². The van der Waals surface area contributed by atoms with Crippen LogP contribution in [-0.2, 0) is 4.79 Å². The smallest absolute Gasteiger partial charge is 0.224 e. The number of benzene rings is 1. The number of halogens is 2. The monoisotopic (exact) mass is 276 g/mol. The first kappa shape index (κ1) is 16.2. The van der Waals surface area contributed by atoms with Crippen molar-refractivity contribution in [3.63, 3.8) is 0 Å². The highest BCUT2D eigenvalue weighted by Crippen LogP contribution is 2.21. The Morgan fingerprint density at radius 3 is 2.41 bits per heavy atom. The van der Waals surface area contributed by atoms with E-state index in [0.29, 0.717) is 18.0 Å². The molecule has 3 nitrogen and oxygen atoms in total. The number of carbonyl (C=O) groups excluding carboxylic acids is 1. The number of nitrogens with zero attached hydrogens (tertiary/aromatic N) is 1. The van der Waals surface area contributed by atoms with Gasteiger partial charge in [0.05, 0.1) is 6.04 Å². The molecule has 0 spiro atoms. The maximum Gasteiger partial charge on any atom is 0.224 e. The van der Waals surface area contributed by atoms with Gasteiger partial charge in [-0.3, -0.25) is 4.79 Å². The van der Waals surface area contributed by atoms with Gasteiger partial charge in [-0.25, -0.2) is 0 Å². The zero-order valence-corrected chi connectivity index (χ0v) is 11.6. The highest BCUT2D eigenvalue weighted by molar-refractivity contribution is 6.30. The lowest BCUT2D eigenvalue weighted by Gasteiger charge is -2.25. The summed E-state index contributed by atoms with van der Waals surface area (Å²) in [6.45, 7) is 2.37. The Kier molecular flexibility index (Phi) is 7.19. The molecule has 0 heterocycles. The molecule has 1 aromatic rings. The zero-order valence-electron chi connectivity index (χ0n) is 10.0. The molecule has 0 bridgehead atoms. The molecule has 1 amide bonds. The molecule has 5 heteroatoms. The van der Waals surface area contributed by atoms with Crippen LogP contribution < -0.4 is 5.73 Å². The summed E-state index contributed by atoms with van der Waals surface area (Å²) in [5.74, 6) is 0.0601. The molecule has 0 aliphatic heterocycles. The van der Waals surface area contributed by atoms with Crippen LogP contribution in [0.2, 0.25) is 5.02 Å². The molecule has 96 valence electrons. The summed E-state index contributed by atoms with van der Waals surface area (Å²) in [5, 5.41) is 0.701. The Morgan fingerprint density at radius 1 is 1.41 bits per heavy atom. The summed E-state index contributed by atoms with van der Waals surface area (Å²) in [4.78, 5) is 13.3. The predicted molar refractivity (Wildman–Crippen MR) is 73.6 cm³/mol. The second-order valence-electron chi connectivity index (χ2n) is 3.77. The molecule has 0 radical (unpaired) electrons. The Morgan fingerprint density at radius 2 is 1.94 bits per heavy atom. The second kappa shape index (κ2) is 7.54. The number of amides is 1. The minimum absolute atomic E-state index is 0. The third-order valence-corrected chi connectivity index (χ3v) is 2.94. The number of nitrogens with two attached hydrogens (primary N) is 1. The van der Waals surface area contributed by atoms with Crippen LogP contribution in [-0.4, -0.2) is 24.4 Å². The minimum atomic E-state index is 0. The molecular weight excluding hydrogens is 259 g/mol. The van der Waals surface area contributed by atoms with E-state index in [1.54, 1.807) is 11.9 Å². The molecule has 0 aliphatic rings. The molecule has 17 heavy (non-hydrogen) atoms. The number of carbonyl (C=O) groups is 1. The van der Waals surface area contributed by atoms with Crippen molar-refractivity contribution >= 4 is 29.9 Å². The molecular formula is C12H18Cl2N2O. The van der Waals surface area contributed by atoms with Crippen molar-refractivity contribution in [3.8, 4) is 0 Å². The van der Waals surface area contributed by atoms with Crippen molar-refractivity contribution in [3.05, 3.63) is 34.9 Å². The van der Waals surface area contributed by atoms with E-state index in [1.165, 1.54) is 0 Å². The van der Waals surface area contributed by atoms with E-state index in [-0.39, 0.29) is 24.4 Å².